The fraction of sp³-hybridized carbons (Fsp3) is 0.853. The highest BCUT2D eigenvalue weighted by Crippen LogP contribution is 2.32. The number of hydrogen-bond acceptors (Lipinski definition) is 15. The Labute approximate surface area is 693 Å². The Hall–Kier alpha value is -2.71. The van der Waals surface area contributed by atoms with E-state index < -0.39 is 0 Å². The number of hydrogen-bond donors (Lipinski definition) is 2. The Kier molecular flexibility index (Phi) is 45.2. The molecule has 0 unspecified atom stereocenters. The van der Waals surface area contributed by atoms with Crippen LogP contribution in [0.5, 0.6) is 0 Å². The van der Waals surface area contributed by atoms with E-state index in [0.717, 1.165) is 84.6 Å². The lowest BCUT2D eigenvalue weighted by Crippen LogP contribution is -2.51. The van der Waals surface area contributed by atoms with Crippen molar-refractivity contribution in [2.75, 3.05) is 169 Å². The summed E-state index contributed by atoms with van der Waals surface area (Å²) in [5.74, 6) is 3.59. The molecule has 0 spiro atoms. The van der Waals surface area contributed by atoms with Crippen LogP contribution >= 0.6 is 11.8 Å². The fourth-order valence-electron chi connectivity index (χ4n) is 15.5. The number of aliphatic imine (C=N–C) groups is 1. The van der Waals surface area contributed by atoms with Crippen molar-refractivity contribution in [3.05, 3.63) is 71.3 Å². The number of nitrogens with zero attached hydrogens (tertiary/aromatic N) is 11. The Balaban J connectivity index is 0.000000321. The molecule has 111 heavy (non-hydrogen) atoms. The molecule has 0 bridgehead atoms. The molecule has 2 N–H and O–H groups in total. The molecular weight excluding hydrogens is 1390 g/mol. The van der Waals surface area contributed by atoms with Gasteiger partial charge in [0.15, 0.2) is 0 Å². The molecule has 8 fully saturated rings. The Bertz CT molecular complexity index is 2620. The normalized spacial score (nSPS) is 21.5. The Morgan fingerprint density at radius 2 is 0.685 bits per heavy atom. The van der Waals surface area contributed by atoms with Crippen molar-refractivity contribution in [3.8, 4) is 0 Å². The second kappa shape index (κ2) is 49.0. The van der Waals surface area contributed by atoms with Gasteiger partial charge in [0.1, 0.15) is 0 Å². The molecule has 16 heteroatoms. The van der Waals surface area contributed by atoms with Crippen molar-refractivity contribution in [2.24, 2.45) is 4.99 Å². The van der Waals surface area contributed by atoms with Crippen molar-refractivity contribution in [1.29, 1.82) is 0 Å². The van der Waals surface area contributed by atoms with Crippen LogP contribution in [0.4, 0.5) is 0 Å². The van der Waals surface area contributed by atoms with Gasteiger partial charge in [0.05, 0.1) is 26.1 Å². The topological polar surface area (TPSA) is 95.1 Å². The van der Waals surface area contributed by atoms with Gasteiger partial charge in [-0.3, -0.25) is 53.9 Å². The van der Waals surface area contributed by atoms with E-state index in [-0.39, 0.29) is 17.0 Å². The number of piperidine rings is 2. The van der Waals surface area contributed by atoms with Gasteiger partial charge in [-0.1, -0.05) is 73.9 Å². The number of fused-ring (bicyclic) bond motifs is 1. The summed E-state index contributed by atoms with van der Waals surface area (Å²) in [6.45, 7) is 96.7. The van der Waals surface area contributed by atoms with Crippen LogP contribution in [0.15, 0.2) is 59.6 Å². The summed E-state index contributed by atoms with van der Waals surface area (Å²) in [5, 5.41) is 6.21. The standard InChI is InChI=1S/C15H23N.C13H19N.C10H21N.C9H18N2O.C9H19N.C8H18N2.C8H17NO.C8H17NS.C8H17N.C7H14N2/c1-15(2,3)16-11-9-14(10-12-16)13-7-5-4-6-8-13;1-13(2,3)14-9-8-11-6-4-5-7-12(11)10-14;1-10(2,3)11-8-6-4-5-7-9-11;1-9(2,3)11-6-4-8(12)10-5-7-11;1-9(2,3)10-7-5-4-6-8-10;1-8(2,3)10-6-4-9-5-7-10;2*1-8(2,3)9-4-6-10-7-5-9;1-8(2,3)9-6-4-5-7-9;1-7(2,3)9-5-4-8-6-9/h4-8,14H,9-12H2,1-3H3;4-7H,8-10H2,1-3H3;4-9H2,1-3H3;4-7H2,1-3H3,(H,10,12);4-8H2,1-3H3;9H,4-7H2,1-3H3;2*4-7H2,1-3H3;4-7H2,1-3H3;6H,4-5H2,1-3H3. The lowest BCUT2D eigenvalue weighted by Gasteiger charge is -2.41. The molecule has 2 aromatic carbocycles. The number of morpholine rings is 1. The summed E-state index contributed by atoms with van der Waals surface area (Å²) in [4.78, 5) is 40.2. The van der Waals surface area contributed by atoms with Crippen molar-refractivity contribution >= 4 is 24.0 Å². The molecule has 0 atom stereocenters. The van der Waals surface area contributed by atoms with E-state index in [0.29, 0.717) is 50.7 Å². The summed E-state index contributed by atoms with van der Waals surface area (Å²) >= 11 is 2.07. The van der Waals surface area contributed by atoms with E-state index in [1.54, 1.807) is 0 Å². The van der Waals surface area contributed by atoms with E-state index in [1.807, 2.05) is 6.34 Å². The highest BCUT2D eigenvalue weighted by Gasteiger charge is 2.32. The average Bonchev–Trinajstić information content (AvgIpc) is 0.909. The maximum absolute atomic E-state index is 11.0. The minimum absolute atomic E-state index is 0.182. The van der Waals surface area contributed by atoms with Gasteiger partial charge in [-0.2, -0.15) is 11.8 Å². The number of piperazine rings is 1. The first-order valence-corrected chi connectivity index (χ1v) is 45.8. The van der Waals surface area contributed by atoms with Crippen molar-refractivity contribution < 1.29 is 9.53 Å². The molecule has 10 heterocycles. The van der Waals surface area contributed by atoms with E-state index in [4.69, 9.17) is 4.74 Å². The number of benzene rings is 2. The van der Waals surface area contributed by atoms with E-state index in [9.17, 15) is 4.79 Å². The molecule has 15 nitrogen and oxygen atoms in total. The second-order valence-corrected chi connectivity index (χ2v) is 43.9. The Morgan fingerprint density at radius 3 is 1.05 bits per heavy atom. The molecule has 0 aromatic heterocycles. The maximum atomic E-state index is 11.0. The van der Waals surface area contributed by atoms with Gasteiger partial charge >= 0.3 is 0 Å². The zero-order valence-corrected chi connectivity index (χ0v) is 79.6. The van der Waals surface area contributed by atoms with E-state index >= 15 is 0 Å². The number of nitrogens with one attached hydrogen (secondary N) is 2. The molecule has 646 valence electrons. The largest absolute Gasteiger partial charge is 0.379 e. The van der Waals surface area contributed by atoms with Crippen LogP contribution in [0.3, 0.4) is 0 Å². The van der Waals surface area contributed by atoms with Crippen molar-refractivity contribution in [2.45, 2.75) is 359 Å². The quantitative estimate of drug-likeness (QED) is 0.284. The molecule has 12 rings (SSSR count). The van der Waals surface area contributed by atoms with Crippen LogP contribution in [0, 0.1) is 0 Å². The number of thioether (sulfide) groups is 1. The van der Waals surface area contributed by atoms with Gasteiger partial charge in [0, 0.05) is 165 Å². The average molecular weight is 1570 g/mol. The summed E-state index contributed by atoms with van der Waals surface area (Å²) in [6.07, 6.45) is 19.1. The van der Waals surface area contributed by atoms with Crippen molar-refractivity contribution in [1.82, 2.24) is 59.6 Å². The summed E-state index contributed by atoms with van der Waals surface area (Å²) in [6, 6.07) is 19.8. The molecule has 1 amide bonds. The molecule has 2 aromatic rings. The summed E-state index contributed by atoms with van der Waals surface area (Å²) < 4.78 is 5.25. The molecule has 0 aliphatic carbocycles. The monoisotopic (exact) mass is 1570 g/mol. The molecule has 10 aliphatic heterocycles. The van der Waals surface area contributed by atoms with Crippen molar-refractivity contribution in [3.63, 3.8) is 0 Å². The summed E-state index contributed by atoms with van der Waals surface area (Å²) in [5.41, 5.74) is 7.94. The second-order valence-electron chi connectivity index (χ2n) is 42.7. The highest BCUT2D eigenvalue weighted by molar-refractivity contribution is 7.99. The van der Waals surface area contributed by atoms with Crippen LogP contribution in [0.2, 0.25) is 0 Å². The minimum Gasteiger partial charge on any atom is -0.379 e. The van der Waals surface area contributed by atoms with Crippen LogP contribution in [-0.2, 0) is 22.5 Å². The third-order valence-electron chi connectivity index (χ3n) is 23.5. The number of likely N-dealkylation sites (tertiary alicyclic amines) is 4. The zero-order chi connectivity index (χ0) is 83.6. The van der Waals surface area contributed by atoms with Gasteiger partial charge in [-0.05, 0) is 340 Å². The number of amides is 1. The number of carbonyl (C=O) groups excluding carboxylic acids is 1. The van der Waals surface area contributed by atoms with Gasteiger partial charge in [0.25, 0.3) is 0 Å². The van der Waals surface area contributed by atoms with Gasteiger partial charge in [-0.15, -0.1) is 0 Å². The van der Waals surface area contributed by atoms with Crippen LogP contribution in [0.25, 0.3) is 0 Å². The molecule has 10 aliphatic rings. The first-order valence-electron chi connectivity index (χ1n) is 44.7. The summed E-state index contributed by atoms with van der Waals surface area (Å²) in [7, 11) is 0. The third-order valence-corrected chi connectivity index (χ3v) is 24.4. The van der Waals surface area contributed by atoms with E-state index in [1.165, 1.54) is 190 Å². The first-order chi connectivity index (χ1) is 51.4. The smallest absolute Gasteiger partial charge is 0.221 e. The predicted molar refractivity (Wildman–Crippen MR) is 489 cm³/mol. The van der Waals surface area contributed by atoms with Gasteiger partial charge < -0.3 is 20.3 Å². The third kappa shape index (κ3) is 43.5. The van der Waals surface area contributed by atoms with Gasteiger partial charge in [-0.25, -0.2) is 0 Å². The van der Waals surface area contributed by atoms with Gasteiger partial charge in [0.2, 0.25) is 5.91 Å². The number of rotatable bonds is 1. The van der Waals surface area contributed by atoms with Crippen LogP contribution in [0.1, 0.15) is 307 Å². The minimum atomic E-state index is 0.182. The number of ether oxygens (including phenoxy) is 1. The van der Waals surface area contributed by atoms with Crippen LogP contribution in [-0.4, -0.2) is 285 Å². The maximum Gasteiger partial charge on any atom is 0.221 e. The lowest BCUT2D eigenvalue weighted by molar-refractivity contribution is -0.120. The Morgan fingerprint density at radius 1 is 0.342 bits per heavy atom. The fourth-order valence-corrected chi connectivity index (χ4v) is 16.4. The highest BCUT2D eigenvalue weighted by atomic mass is 32.2. The SMILES string of the molecule is CC(C)(C)N1C=NCC1.CC(C)(C)N1CCC(c2ccccc2)CC1.CC(C)(C)N1CCCC1.CC(C)(C)N1CCCCC1.CC(C)(C)N1CCCCCC1.CC(C)(C)N1CCNC(=O)CC1.CC(C)(C)N1CCNCC1.CC(C)(C)N1CCOCC1.CC(C)(C)N1CCSCC1.CC(C)(C)N1CCc2ccccc2C1. The zero-order valence-electron chi connectivity index (χ0n) is 78.8. The molecule has 8 saturated heterocycles. The molecular formula is C95H183N13O2S. The number of carbonyl (C=O) groups is 1. The van der Waals surface area contributed by atoms with Crippen LogP contribution < -0.4 is 10.6 Å². The lowest BCUT2D eigenvalue weighted by atomic mass is 9.87. The van der Waals surface area contributed by atoms with E-state index in [2.05, 4.69) is 339 Å². The molecule has 0 saturated carbocycles. The first kappa shape index (κ1) is 102. The predicted octanol–water partition coefficient (Wildman–Crippen LogP) is 18.7. The molecule has 0 radical (unpaired) electrons.